The number of hydrogen-bond acceptors (Lipinski definition) is 5. The van der Waals surface area contributed by atoms with Gasteiger partial charge in [-0.25, -0.2) is 0 Å². The van der Waals surface area contributed by atoms with Gasteiger partial charge in [-0.15, -0.1) is 0 Å². The van der Waals surface area contributed by atoms with Crippen molar-refractivity contribution in [2.45, 2.75) is 40.2 Å². The van der Waals surface area contributed by atoms with E-state index in [0.29, 0.717) is 18.3 Å². The summed E-state index contributed by atoms with van der Waals surface area (Å²) in [5, 5.41) is 6.50. The summed E-state index contributed by atoms with van der Waals surface area (Å²) in [5.74, 6) is 1.61. The van der Waals surface area contributed by atoms with Gasteiger partial charge in [0.05, 0.1) is 13.0 Å². The van der Waals surface area contributed by atoms with Crippen molar-refractivity contribution in [2.75, 3.05) is 6.61 Å². The molecule has 0 radical (unpaired) electrons. The number of nitrogens with zero attached hydrogens (tertiary/aromatic N) is 2. The molecule has 0 saturated heterocycles. The van der Waals surface area contributed by atoms with Gasteiger partial charge in [0.25, 0.3) is 0 Å². The maximum atomic E-state index is 11.9. The van der Waals surface area contributed by atoms with E-state index in [1.165, 1.54) is 11.1 Å². The molecular weight excluding hydrogens is 282 g/mol. The molecule has 2 aromatic rings. The number of hydrogen-bond donors (Lipinski definition) is 1. The summed E-state index contributed by atoms with van der Waals surface area (Å²) in [4.78, 5) is 15.9. The minimum Gasteiger partial charge on any atom is -0.493 e. The summed E-state index contributed by atoms with van der Waals surface area (Å²) in [6.07, 6.45) is 0.268. The summed E-state index contributed by atoms with van der Waals surface area (Å²) in [6.45, 7) is 7.94. The fourth-order valence-corrected chi connectivity index (χ4v) is 1.93. The number of carbonyl (C=O) groups is 1. The van der Waals surface area contributed by atoms with Crippen molar-refractivity contribution in [1.29, 1.82) is 0 Å². The van der Waals surface area contributed by atoms with E-state index < -0.39 is 0 Å². The lowest BCUT2D eigenvalue weighted by molar-refractivity contribution is -0.122. The van der Waals surface area contributed by atoms with Crippen LogP contribution in [0.5, 0.6) is 5.75 Å². The van der Waals surface area contributed by atoms with Crippen LogP contribution in [0.2, 0.25) is 0 Å². The summed E-state index contributed by atoms with van der Waals surface area (Å²) >= 11 is 0. The fraction of sp³-hybridized carbons (Fsp3) is 0.438. The Morgan fingerprint density at radius 1 is 1.32 bits per heavy atom. The highest BCUT2D eigenvalue weighted by Crippen LogP contribution is 2.16. The van der Waals surface area contributed by atoms with Crippen LogP contribution in [0.1, 0.15) is 42.2 Å². The highest BCUT2D eigenvalue weighted by Gasteiger charge is 2.15. The smallest absolute Gasteiger partial charge is 0.248 e. The zero-order chi connectivity index (χ0) is 16.1. The molecule has 1 atom stereocenters. The molecule has 22 heavy (non-hydrogen) atoms. The number of amides is 1. The molecule has 0 bridgehead atoms. The number of benzene rings is 1. The normalized spacial score (nSPS) is 12.0. The highest BCUT2D eigenvalue weighted by molar-refractivity contribution is 5.76. The van der Waals surface area contributed by atoms with Gasteiger partial charge in [0.15, 0.2) is 5.82 Å². The number of ether oxygens (including phenoxy) is 1. The van der Waals surface area contributed by atoms with E-state index >= 15 is 0 Å². The first-order chi connectivity index (χ1) is 10.5. The highest BCUT2D eigenvalue weighted by atomic mass is 16.5. The standard InChI is InChI=1S/C16H21N3O3/c1-10-5-6-14(9-11(10)2)21-8-7-15(20)17-12(3)16-18-13(4)19-22-16/h5-6,9,12H,7-8H2,1-4H3,(H,17,20)/t12-/m1/s1. The number of aryl methyl sites for hydroxylation is 3. The molecule has 0 saturated carbocycles. The van der Waals surface area contributed by atoms with Crippen molar-refractivity contribution < 1.29 is 14.1 Å². The summed E-state index contributed by atoms with van der Waals surface area (Å²) in [7, 11) is 0. The maximum Gasteiger partial charge on any atom is 0.248 e. The van der Waals surface area contributed by atoms with E-state index in [2.05, 4.69) is 15.5 Å². The topological polar surface area (TPSA) is 77.2 Å². The van der Waals surface area contributed by atoms with Gasteiger partial charge in [0, 0.05) is 0 Å². The van der Waals surface area contributed by atoms with Crippen LogP contribution in [0.15, 0.2) is 22.7 Å². The van der Waals surface area contributed by atoms with Crippen molar-refractivity contribution in [3.8, 4) is 5.75 Å². The minimum absolute atomic E-state index is 0.118. The van der Waals surface area contributed by atoms with Gasteiger partial charge >= 0.3 is 0 Å². The molecule has 1 aromatic heterocycles. The summed E-state index contributed by atoms with van der Waals surface area (Å²) in [5.41, 5.74) is 2.39. The average molecular weight is 303 g/mol. The van der Waals surface area contributed by atoms with Gasteiger partial charge in [-0.05, 0) is 51.0 Å². The largest absolute Gasteiger partial charge is 0.493 e. The third-order valence-corrected chi connectivity index (χ3v) is 3.37. The van der Waals surface area contributed by atoms with Gasteiger partial charge in [-0.3, -0.25) is 4.79 Å². The number of carbonyl (C=O) groups excluding carboxylic acids is 1. The van der Waals surface area contributed by atoms with Gasteiger partial charge in [0.2, 0.25) is 11.8 Å². The molecule has 118 valence electrons. The van der Waals surface area contributed by atoms with Crippen molar-refractivity contribution in [3.05, 3.63) is 41.0 Å². The second kappa shape index (κ2) is 7.06. The Morgan fingerprint density at radius 2 is 2.09 bits per heavy atom. The van der Waals surface area contributed by atoms with Crippen LogP contribution in [-0.4, -0.2) is 22.7 Å². The molecule has 1 amide bonds. The van der Waals surface area contributed by atoms with E-state index in [4.69, 9.17) is 9.26 Å². The lowest BCUT2D eigenvalue weighted by atomic mass is 10.1. The van der Waals surface area contributed by atoms with Crippen LogP contribution in [0.3, 0.4) is 0 Å². The Balaban J connectivity index is 1.76. The van der Waals surface area contributed by atoms with Gasteiger partial charge in [-0.2, -0.15) is 4.98 Å². The number of rotatable bonds is 6. The molecule has 6 nitrogen and oxygen atoms in total. The molecular formula is C16H21N3O3. The molecule has 2 rings (SSSR count). The number of nitrogens with one attached hydrogen (secondary N) is 1. The predicted molar refractivity (Wildman–Crippen MR) is 81.6 cm³/mol. The molecule has 0 fully saturated rings. The molecule has 1 N–H and O–H groups in total. The molecule has 0 spiro atoms. The first-order valence-electron chi connectivity index (χ1n) is 7.25. The Labute approximate surface area is 129 Å². The third-order valence-electron chi connectivity index (χ3n) is 3.37. The molecule has 6 heteroatoms. The van der Waals surface area contributed by atoms with Gasteiger partial charge < -0.3 is 14.6 Å². The van der Waals surface area contributed by atoms with Crippen LogP contribution in [0.4, 0.5) is 0 Å². The minimum atomic E-state index is -0.310. The SMILES string of the molecule is Cc1noc([C@@H](C)NC(=O)CCOc2ccc(C)c(C)c2)n1. The lowest BCUT2D eigenvalue weighted by Gasteiger charge is -2.11. The van der Waals surface area contributed by atoms with Crippen LogP contribution < -0.4 is 10.1 Å². The fourth-order valence-electron chi connectivity index (χ4n) is 1.93. The summed E-state index contributed by atoms with van der Waals surface area (Å²) in [6, 6.07) is 5.57. The van der Waals surface area contributed by atoms with Crippen molar-refractivity contribution >= 4 is 5.91 Å². The molecule has 0 aliphatic rings. The quantitative estimate of drug-likeness (QED) is 0.887. The van der Waals surface area contributed by atoms with E-state index in [1.54, 1.807) is 13.8 Å². The van der Waals surface area contributed by atoms with Gasteiger partial charge in [0.1, 0.15) is 11.8 Å². The zero-order valence-electron chi connectivity index (χ0n) is 13.3. The van der Waals surface area contributed by atoms with Crippen molar-refractivity contribution in [3.63, 3.8) is 0 Å². The average Bonchev–Trinajstić information content (AvgIpc) is 2.89. The van der Waals surface area contributed by atoms with Crippen LogP contribution in [0, 0.1) is 20.8 Å². The second-order valence-electron chi connectivity index (χ2n) is 5.31. The second-order valence-corrected chi connectivity index (χ2v) is 5.31. The third kappa shape index (κ3) is 4.31. The first-order valence-corrected chi connectivity index (χ1v) is 7.25. The van der Waals surface area contributed by atoms with E-state index in [-0.39, 0.29) is 18.4 Å². The zero-order valence-corrected chi connectivity index (χ0v) is 13.3. The Kier molecular flexibility index (Phi) is 5.14. The van der Waals surface area contributed by atoms with Crippen LogP contribution in [-0.2, 0) is 4.79 Å². The molecule has 0 unspecified atom stereocenters. The molecule has 1 aromatic carbocycles. The van der Waals surface area contributed by atoms with Crippen molar-refractivity contribution in [1.82, 2.24) is 15.5 Å². The van der Waals surface area contributed by atoms with E-state index in [9.17, 15) is 4.79 Å². The van der Waals surface area contributed by atoms with Crippen molar-refractivity contribution in [2.24, 2.45) is 0 Å². The van der Waals surface area contributed by atoms with E-state index in [0.717, 1.165) is 5.75 Å². The monoisotopic (exact) mass is 303 g/mol. The number of aromatic nitrogens is 2. The maximum absolute atomic E-state index is 11.9. The Morgan fingerprint density at radius 3 is 2.73 bits per heavy atom. The molecule has 1 heterocycles. The lowest BCUT2D eigenvalue weighted by Crippen LogP contribution is -2.28. The molecule has 0 aliphatic carbocycles. The van der Waals surface area contributed by atoms with Gasteiger partial charge in [-0.1, -0.05) is 11.2 Å². The van der Waals surface area contributed by atoms with Crippen LogP contribution in [0.25, 0.3) is 0 Å². The predicted octanol–water partition coefficient (Wildman–Crippen LogP) is 2.64. The Bertz CT molecular complexity index is 652. The van der Waals surface area contributed by atoms with E-state index in [1.807, 2.05) is 32.0 Å². The Hall–Kier alpha value is -2.37. The summed E-state index contributed by atoms with van der Waals surface area (Å²) < 4.78 is 10.6. The van der Waals surface area contributed by atoms with Crippen LogP contribution >= 0.6 is 0 Å². The molecule has 0 aliphatic heterocycles. The first kappa shape index (κ1) is 16.0.